The highest BCUT2D eigenvalue weighted by atomic mass is 16.3. The first-order valence-corrected chi connectivity index (χ1v) is 6.31. The molecule has 3 rings (SSSR count). The van der Waals surface area contributed by atoms with Crippen molar-refractivity contribution in [2.24, 2.45) is 0 Å². The van der Waals surface area contributed by atoms with Crippen molar-refractivity contribution in [2.75, 3.05) is 0 Å². The van der Waals surface area contributed by atoms with Gasteiger partial charge in [0.1, 0.15) is 5.76 Å². The zero-order valence-electron chi connectivity index (χ0n) is 10.7. The molecular weight excluding hydrogens is 224 g/mol. The fraction of sp³-hybridized carbons (Fsp3) is 0.312. The summed E-state index contributed by atoms with van der Waals surface area (Å²) in [4.78, 5) is 12.6. The average molecular weight is 240 g/mol. The van der Waals surface area contributed by atoms with Gasteiger partial charge in [0, 0.05) is 0 Å². The molecule has 18 heavy (non-hydrogen) atoms. The van der Waals surface area contributed by atoms with E-state index in [-0.39, 0.29) is 11.2 Å². The highest BCUT2D eigenvalue weighted by molar-refractivity contribution is 6.04. The van der Waals surface area contributed by atoms with Crippen LogP contribution in [0.2, 0.25) is 0 Å². The second kappa shape index (κ2) is 3.84. The van der Waals surface area contributed by atoms with Crippen LogP contribution in [0.5, 0.6) is 0 Å². The summed E-state index contributed by atoms with van der Waals surface area (Å²) in [5.41, 5.74) is 1.83. The van der Waals surface area contributed by atoms with Crippen LogP contribution in [0.15, 0.2) is 40.8 Å². The third-order valence-electron chi connectivity index (χ3n) is 3.90. The molecule has 1 aromatic carbocycles. The molecule has 1 saturated carbocycles. The minimum atomic E-state index is -0.321. The van der Waals surface area contributed by atoms with E-state index in [1.54, 1.807) is 0 Å². The molecule has 2 nitrogen and oxygen atoms in total. The molecule has 0 atom stereocenters. The minimum Gasteiger partial charge on any atom is -0.458 e. The zero-order chi connectivity index (χ0) is 12.8. The monoisotopic (exact) mass is 240 g/mol. The molecule has 0 N–H and O–H groups in total. The highest BCUT2D eigenvalue weighted by Crippen LogP contribution is 2.50. The molecule has 0 spiro atoms. The lowest BCUT2D eigenvalue weighted by Gasteiger charge is -2.12. The van der Waals surface area contributed by atoms with Crippen LogP contribution in [-0.4, -0.2) is 5.78 Å². The maximum Gasteiger partial charge on any atom is 0.208 e. The fourth-order valence-electron chi connectivity index (χ4n) is 2.45. The molecule has 0 unspecified atom stereocenters. The first kappa shape index (κ1) is 11.3. The van der Waals surface area contributed by atoms with Gasteiger partial charge in [0.15, 0.2) is 5.76 Å². The van der Waals surface area contributed by atoms with Crippen molar-refractivity contribution in [3.63, 3.8) is 0 Å². The molecule has 1 aliphatic rings. The van der Waals surface area contributed by atoms with E-state index in [1.807, 2.05) is 50.2 Å². The molecule has 1 fully saturated rings. The van der Waals surface area contributed by atoms with Crippen LogP contribution in [-0.2, 0) is 5.41 Å². The van der Waals surface area contributed by atoms with Crippen LogP contribution in [0.3, 0.4) is 0 Å². The van der Waals surface area contributed by atoms with E-state index < -0.39 is 0 Å². The average Bonchev–Trinajstić information content (AvgIpc) is 3.13. The molecule has 0 bridgehead atoms. The van der Waals surface area contributed by atoms with Gasteiger partial charge in [-0.05, 0) is 43.9 Å². The van der Waals surface area contributed by atoms with Crippen molar-refractivity contribution in [3.05, 3.63) is 59.0 Å². The number of aryl methyl sites for hydroxylation is 2. The van der Waals surface area contributed by atoms with E-state index in [4.69, 9.17) is 4.42 Å². The summed E-state index contributed by atoms with van der Waals surface area (Å²) < 4.78 is 5.57. The Morgan fingerprint density at radius 3 is 2.33 bits per heavy atom. The number of hydrogen-bond acceptors (Lipinski definition) is 2. The normalized spacial score (nSPS) is 16.6. The lowest BCUT2D eigenvalue weighted by molar-refractivity contribution is 0.0917. The third-order valence-corrected chi connectivity index (χ3v) is 3.90. The van der Waals surface area contributed by atoms with Gasteiger partial charge in [-0.25, -0.2) is 0 Å². The zero-order valence-corrected chi connectivity index (χ0v) is 10.7. The van der Waals surface area contributed by atoms with Crippen molar-refractivity contribution in [1.82, 2.24) is 0 Å². The second-order valence-corrected chi connectivity index (χ2v) is 5.13. The Morgan fingerprint density at radius 2 is 1.83 bits per heavy atom. The van der Waals surface area contributed by atoms with Crippen LogP contribution in [0.4, 0.5) is 0 Å². The summed E-state index contributed by atoms with van der Waals surface area (Å²) in [5, 5.41) is 0. The molecule has 2 heteroatoms. The summed E-state index contributed by atoms with van der Waals surface area (Å²) >= 11 is 0. The van der Waals surface area contributed by atoms with Crippen molar-refractivity contribution in [3.8, 4) is 0 Å². The van der Waals surface area contributed by atoms with Crippen LogP contribution in [0.1, 0.15) is 40.3 Å². The van der Waals surface area contributed by atoms with Crippen molar-refractivity contribution in [1.29, 1.82) is 0 Å². The smallest absolute Gasteiger partial charge is 0.208 e. The summed E-state index contributed by atoms with van der Waals surface area (Å²) in [7, 11) is 0. The SMILES string of the molecule is Cc1cc(C(=O)C2(c3ccccc3)CC2)oc1C. The van der Waals surface area contributed by atoms with E-state index in [2.05, 4.69) is 0 Å². The maximum absolute atomic E-state index is 12.6. The first-order chi connectivity index (χ1) is 8.63. The minimum absolute atomic E-state index is 0.130. The van der Waals surface area contributed by atoms with Crippen molar-refractivity contribution >= 4 is 5.78 Å². The van der Waals surface area contributed by atoms with Crippen molar-refractivity contribution < 1.29 is 9.21 Å². The van der Waals surface area contributed by atoms with Gasteiger partial charge in [-0.15, -0.1) is 0 Å². The van der Waals surface area contributed by atoms with Gasteiger partial charge >= 0.3 is 0 Å². The number of ketones is 1. The van der Waals surface area contributed by atoms with E-state index in [0.717, 1.165) is 29.7 Å². The predicted octanol–water partition coefficient (Wildman–Crippen LogP) is 3.81. The van der Waals surface area contributed by atoms with Crippen molar-refractivity contribution in [2.45, 2.75) is 32.1 Å². The molecule has 92 valence electrons. The maximum atomic E-state index is 12.6. The Bertz CT molecular complexity index is 569. The molecule has 0 saturated heterocycles. The van der Waals surface area contributed by atoms with Crippen LogP contribution >= 0.6 is 0 Å². The van der Waals surface area contributed by atoms with Gasteiger partial charge in [0.2, 0.25) is 5.78 Å². The number of carbonyl (C=O) groups is 1. The number of furan rings is 1. The van der Waals surface area contributed by atoms with Gasteiger partial charge in [-0.3, -0.25) is 4.79 Å². The summed E-state index contributed by atoms with van der Waals surface area (Å²) in [5.74, 6) is 1.47. The van der Waals surface area contributed by atoms with Gasteiger partial charge < -0.3 is 4.42 Å². The third kappa shape index (κ3) is 1.60. The lowest BCUT2D eigenvalue weighted by Crippen LogP contribution is -2.20. The molecule has 0 radical (unpaired) electrons. The Morgan fingerprint density at radius 1 is 1.17 bits per heavy atom. The van der Waals surface area contributed by atoms with Gasteiger partial charge in [-0.1, -0.05) is 30.3 Å². The van der Waals surface area contributed by atoms with Gasteiger partial charge in [-0.2, -0.15) is 0 Å². The van der Waals surface area contributed by atoms with Gasteiger partial charge in [0.05, 0.1) is 5.41 Å². The Hall–Kier alpha value is -1.83. The fourth-order valence-corrected chi connectivity index (χ4v) is 2.45. The van der Waals surface area contributed by atoms with Crippen LogP contribution < -0.4 is 0 Å². The quantitative estimate of drug-likeness (QED) is 0.764. The topological polar surface area (TPSA) is 30.2 Å². The molecule has 1 aromatic heterocycles. The number of rotatable bonds is 3. The molecule has 0 aliphatic heterocycles. The number of carbonyl (C=O) groups excluding carboxylic acids is 1. The number of Topliss-reactive ketones (excluding diaryl/α,β-unsaturated/α-hetero) is 1. The van der Waals surface area contributed by atoms with E-state index in [9.17, 15) is 4.79 Å². The van der Waals surface area contributed by atoms with E-state index in [1.165, 1.54) is 0 Å². The Labute approximate surface area is 107 Å². The second-order valence-electron chi connectivity index (χ2n) is 5.13. The van der Waals surface area contributed by atoms with E-state index >= 15 is 0 Å². The summed E-state index contributed by atoms with van der Waals surface area (Å²) in [6.45, 7) is 3.87. The Kier molecular flexibility index (Phi) is 2.40. The molecule has 0 amide bonds. The van der Waals surface area contributed by atoms with E-state index in [0.29, 0.717) is 5.76 Å². The molecule has 1 heterocycles. The predicted molar refractivity (Wildman–Crippen MR) is 69.9 cm³/mol. The molecule has 1 aliphatic carbocycles. The first-order valence-electron chi connectivity index (χ1n) is 6.31. The largest absolute Gasteiger partial charge is 0.458 e. The van der Waals surface area contributed by atoms with Crippen LogP contribution in [0, 0.1) is 13.8 Å². The number of hydrogen-bond donors (Lipinski definition) is 0. The lowest BCUT2D eigenvalue weighted by atomic mass is 9.90. The Balaban J connectivity index is 1.98. The molecular formula is C16H16O2. The highest BCUT2D eigenvalue weighted by Gasteiger charge is 2.52. The van der Waals surface area contributed by atoms with Gasteiger partial charge in [0.25, 0.3) is 0 Å². The number of benzene rings is 1. The summed E-state index contributed by atoms with van der Waals surface area (Å²) in [6, 6.07) is 11.9. The van der Waals surface area contributed by atoms with Crippen LogP contribution in [0.25, 0.3) is 0 Å². The molecule has 2 aromatic rings. The summed E-state index contributed by atoms with van der Waals surface area (Å²) in [6.07, 6.45) is 1.85. The standard InChI is InChI=1S/C16H16O2/c1-11-10-14(18-12(11)2)15(17)16(8-9-16)13-6-4-3-5-7-13/h3-7,10H,8-9H2,1-2H3.